The Bertz CT molecular complexity index is 346. The largest absolute Gasteiger partial charge is 0.234 e. The molecule has 0 saturated carbocycles. The minimum Gasteiger partial charge on any atom is -0.156 e. The van der Waals surface area contributed by atoms with E-state index in [1.165, 1.54) is 10.4 Å². The van der Waals surface area contributed by atoms with Crippen molar-refractivity contribution >= 4 is 29.6 Å². The van der Waals surface area contributed by atoms with Crippen LogP contribution < -0.4 is 10.4 Å². The minimum absolute atomic E-state index is 1.07. The van der Waals surface area contributed by atoms with Gasteiger partial charge in [0.1, 0.15) is 0 Å². The highest BCUT2D eigenvalue weighted by Crippen LogP contribution is 1.95. The molecule has 2 rings (SSSR count). The van der Waals surface area contributed by atoms with Gasteiger partial charge in [-0.2, -0.15) is 11.1 Å². The number of hydrogen-bond acceptors (Lipinski definition) is 0. The highest BCUT2D eigenvalue weighted by Gasteiger charge is 2.12. The van der Waals surface area contributed by atoms with Gasteiger partial charge in [-0.25, -0.2) is 0 Å². The van der Waals surface area contributed by atoms with Gasteiger partial charge in [-0.05, 0) is 10.4 Å². The van der Waals surface area contributed by atoms with Crippen molar-refractivity contribution in [3.8, 4) is 0 Å². The molecule has 0 heterocycles. The Balaban J connectivity index is 2.30. The quantitative estimate of drug-likeness (QED) is 0.534. The Labute approximate surface area is 90.5 Å². The average molecular weight is 218 g/mol. The third-order valence-corrected chi connectivity index (χ3v) is 5.04. The normalized spacial score (nSPS) is 10.4. The number of rotatable bonds is 2. The summed E-state index contributed by atoms with van der Waals surface area (Å²) in [6.45, 7) is 0. The van der Waals surface area contributed by atoms with E-state index < -0.39 is 8.11 Å². The molecule has 0 atom stereocenters. The third-order valence-electron chi connectivity index (χ3n) is 2.05. The summed E-state index contributed by atoms with van der Waals surface area (Å²) in [4.78, 5) is 0. The van der Waals surface area contributed by atoms with Gasteiger partial charge in [-0.15, -0.1) is 0 Å². The van der Waals surface area contributed by atoms with Gasteiger partial charge in [-0.3, -0.25) is 0 Å². The highest BCUT2D eigenvalue weighted by molar-refractivity contribution is 7.21. The van der Waals surface area contributed by atoms with Gasteiger partial charge in [0.05, 0.1) is 0 Å². The Morgan fingerprint density at radius 2 is 1.00 bits per heavy atom. The van der Waals surface area contributed by atoms with E-state index in [2.05, 4.69) is 24.3 Å². The molecule has 0 unspecified atom stereocenters. The molecule has 0 fully saturated rings. The molecule has 14 heavy (non-hydrogen) atoms. The zero-order valence-corrected chi connectivity index (χ0v) is 9.41. The van der Waals surface area contributed by atoms with Crippen LogP contribution in [-0.4, -0.2) is 8.11 Å². The Hall–Kier alpha value is -1.05. The zero-order valence-electron chi connectivity index (χ0n) is 7.65. The first kappa shape index (κ1) is 9.50. The lowest BCUT2D eigenvalue weighted by Crippen LogP contribution is -2.36. The van der Waals surface area contributed by atoms with E-state index in [9.17, 15) is 0 Å². The molecule has 2 aromatic carbocycles. The highest BCUT2D eigenvalue weighted by atomic mass is 35.6. The minimum atomic E-state index is -1.07. The van der Waals surface area contributed by atoms with E-state index in [4.69, 9.17) is 11.1 Å². The van der Waals surface area contributed by atoms with Crippen LogP contribution in [0.25, 0.3) is 0 Å². The first-order valence-electron chi connectivity index (χ1n) is 4.51. The molecule has 0 amide bonds. The van der Waals surface area contributed by atoms with Gasteiger partial charge in [0.15, 0.2) is 0 Å². The second kappa shape index (κ2) is 4.44. The first-order chi connectivity index (χ1) is 6.88. The molecule has 69 valence electrons. The second-order valence-electron chi connectivity index (χ2n) is 3.05. The summed E-state index contributed by atoms with van der Waals surface area (Å²) < 4.78 is 0. The smallest absolute Gasteiger partial charge is 0.156 e. The fourth-order valence-electron chi connectivity index (χ4n) is 1.34. The summed E-state index contributed by atoms with van der Waals surface area (Å²) >= 11 is 6.43. The summed E-state index contributed by atoms with van der Waals surface area (Å²) in [5, 5.41) is 2.48. The van der Waals surface area contributed by atoms with Crippen LogP contribution in [-0.2, 0) is 0 Å². The maximum Gasteiger partial charge on any atom is 0.234 e. The van der Waals surface area contributed by atoms with E-state index in [0.717, 1.165) is 0 Å². The van der Waals surface area contributed by atoms with Crippen molar-refractivity contribution in [2.24, 2.45) is 0 Å². The molecule has 2 aromatic rings. The van der Waals surface area contributed by atoms with Crippen molar-refractivity contribution in [3.05, 3.63) is 60.7 Å². The average Bonchev–Trinajstić information content (AvgIpc) is 2.30. The number of benzene rings is 2. The van der Waals surface area contributed by atoms with Gasteiger partial charge >= 0.3 is 0 Å². The molecule has 0 aliphatic carbocycles. The summed E-state index contributed by atoms with van der Waals surface area (Å²) in [6, 6.07) is 20.5. The topological polar surface area (TPSA) is 0 Å². The summed E-state index contributed by atoms with van der Waals surface area (Å²) in [6.07, 6.45) is 0. The van der Waals surface area contributed by atoms with E-state index >= 15 is 0 Å². The van der Waals surface area contributed by atoms with Crippen molar-refractivity contribution in [2.75, 3.05) is 0 Å². The van der Waals surface area contributed by atoms with Crippen LogP contribution in [0.5, 0.6) is 0 Å². The molecule has 0 spiro atoms. The molecule has 2 heteroatoms. The van der Waals surface area contributed by atoms with Crippen LogP contribution in [0.1, 0.15) is 0 Å². The van der Waals surface area contributed by atoms with Crippen LogP contribution in [0.2, 0.25) is 0 Å². The number of halogens is 1. The van der Waals surface area contributed by atoms with Crippen molar-refractivity contribution in [1.82, 2.24) is 0 Å². The molecular weight excluding hydrogens is 208 g/mol. The van der Waals surface area contributed by atoms with E-state index in [-0.39, 0.29) is 0 Å². The van der Waals surface area contributed by atoms with Gasteiger partial charge in [-0.1, -0.05) is 60.7 Å². The molecule has 0 saturated heterocycles. The summed E-state index contributed by atoms with van der Waals surface area (Å²) in [5.41, 5.74) is 0. The van der Waals surface area contributed by atoms with Crippen molar-refractivity contribution in [2.45, 2.75) is 0 Å². The molecule has 1 radical (unpaired) electrons. The summed E-state index contributed by atoms with van der Waals surface area (Å²) in [7, 11) is -1.07. The fraction of sp³-hybridized carbons (Fsp3) is 0. The van der Waals surface area contributed by atoms with E-state index in [0.29, 0.717) is 0 Å². The Kier molecular flexibility index (Phi) is 3.02. The molecule has 0 aliphatic heterocycles. The van der Waals surface area contributed by atoms with E-state index in [1.807, 2.05) is 36.4 Å². The van der Waals surface area contributed by atoms with Crippen molar-refractivity contribution in [1.29, 1.82) is 0 Å². The lowest BCUT2D eigenvalue weighted by Gasteiger charge is -2.06. The van der Waals surface area contributed by atoms with Crippen molar-refractivity contribution < 1.29 is 0 Å². The van der Waals surface area contributed by atoms with Crippen LogP contribution in [0.4, 0.5) is 0 Å². The Morgan fingerprint density at radius 1 is 0.643 bits per heavy atom. The zero-order chi connectivity index (χ0) is 9.80. The first-order valence-corrected chi connectivity index (χ1v) is 7.02. The van der Waals surface area contributed by atoms with Gasteiger partial charge in [0.25, 0.3) is 0 Å². The monoisotopic (exact) mass is 217 g/mol. The predicted molar refractivity (Wildman–Crippen MR) is 63.8 cm³/mol. The molecular formula is C12H10ClSi. The predicted octanol–water partition coefficient (Wildman–Crippen LogP) is 2.03. The van der Waals surface area contributed by atoms with Crippen molar-refractivity contribution in [3.63, 3.8) is 0 Å². The fourth-order valence-corrected chi connectivity index (χ4v) is 3.40. The SMILES string of the molecule is Cl[Si](c1ccccc1)c1ccccc1. The maximum atomic E-state index is 6.43. The lowest BCUT2D eigenvalue weighted by atomic mass is 10.4. The maximum absolute atomic E-state index is 6.43. The molecule has 0 aromatic heterocycles. The molecule has 0 nitrogen and oxygen atoms in total. The van der Waals surface area contributed by atoms with Crippen LogP contribution in [0.3, 0.4) is 0 Å². The van der Waals surface area contributed by atoms with Crippen LogP contribution in [0.15, 0.2) is 60.7 Å². The molecule has 0 bridgehead atoms. The lowest BCUT2D eigenvalue weighted by molar-refractivity contribution is 1.74. The molecule has 0 aliphatic rings. The van der Waals surface area contributed by atoms with Crippen LogP contribution >= 0.6 is 11.1 Å². The summed E-state index contributed by atoms with van der Waals surface area (Å²) in [5.74, 6) is 0. The number of hydrogen-bond donors (Lipinski definition) is 0. The molecule has 0 N–H and O–H groups in total. The van der Waals surface area contributed by atoms with Gasteiger partial charge in [0.2, 0.25) is 8.11 Å². The third kappa shape index (κ3) is 2.06. The Morgan fingerprint density at radius 3 is 1.36 bits per heavy atom. The second-order valence-corrected chi connectivity index (χ2v) is 5.96. The van der Waals surface area contributed by atoms with Crippen LogP contribution in [0, 0.1) is 0 Å². The van der Waals surface area contributed by atoms with Gasteiger partial charge < -0.3 is 0 Å². The van der Waals surface area contributed by atoms with E-state index in [1.54, 1.807) is 0 Å². The van der Waals surface area contributed by atoms with Gasteiger partial charge in [0, 0.05) is 0 Å². The standard InChI is InChI=1S/C12H10ClSi/c13-14(11-7-3-1-4-8-11)12-9-5-2-6-10-12/h1-10H.